The van der Waals surface area contributed by atoms with E-state index in [1.54, 1.807) is 0 Å². The molecule has 2 N–H and O–H groups in total. The summed E-state index contributed by atoms with van der Waals surface area (Å²) in [5.74, 6) is 0.458. The third kappa shape index (κ3) is 4.19. The monoisotopic (exact) mass is 400 g/mol. The van der Waals surface area contributed by atoms with Crippen molar-refractivity contribution in [3.8, 4) is 5.69 Å². The molecule has 1 aliphatic rings. The number of hydrogen-bond donors (Lipinski definition) is 2. The van der Waals surface area contributed by atoms with Gasteiger partial charge >= 0.3 is 0 Å². The van der Waals surface area contributed by atoms with Gasteiger partial charge < -0.3 is 15.3 Å². The van der Waals surface area contributed by atoms with E-state index in [1.165, 1.54) is 23.1 Å². The van der Waals surface area contributed by atoms with Crippen molar-refractivity contribution in [2.75, 3.05) is 23.3 Å². The Morgan fingerprint density at radius 1 is 1.10 bits per heavy atom. The molecule has 4 rings (SSSR count). The molecule has 0 radical (unpaired) electrons. The van der Waals surface area contributed by atoms with Gasteiger partial charge in [0.05, 0.1) is 11.3 Å². The van der Waals surface area contributed by atoms with E-state index in [0.29, 0.717) is 5.82 Å². The zero-order valence-corrected chi connectivity index (χ0v) is 16.4. The molecule has 2 aromatic heterocycles. The number of nitrogens with one attached hydrogen (secondary N) is 1. The smallest absolute Gasteiger partial charge is 0.248 e. The van der Waals surface area contributed by atoms with Gasteiger partial charge in [-0.3, -0.25) is 0 Å². The molecular weight excluding hydrogens is 378 g/mol. The number of rotatable bonds is 5. The van der Waals surface area contributed by atoms with Gasteiger partial charge in [-0.05, 0) is 50.6 Å². The van der Waals surface area contributed by atoms with Crippen LogP contribution < -0.4 is 10.2 Å². The number of hydrogen-bond acceptors (Lipinski definition) is 6. The van der Waals surface area contributed by atoms with Crippen molar-refractivity contribution in [1.29, 1.82) is 0 Å². The Morgan fingerprint density at radius 3 is 2.45 bits per heavy atom. The minimum absolute atomic E-state index is 0.199. The topological polar surface area (TPSA) is 79.1 Å². The van der Waals surface area contributed by atoms with Gasteiger partial charge in [0.1, 0.15) is 29.6 Å². The van der Waals surface area contributed by atoms with E-state index in [1.807, 2.05) is 32.9 Å². The molecule has 29 heavy (non-hydrogen) atoms. The van der Waals surface area contributed by atoms with Gasteiger partial charge in [0.25, 0.3) is 0 Å². The van der Waals surface area contributed by atoms with Crippen molar-refractivity contribution in [2.45, 2.75) is 26.4 Å². The predicted octanol–water partition coefficient (Wildman–Crippen LogP) is 3.20. The summed E-state index contributed by atoms with van der Waals surface area (Å²) < 4.78 is 28.1. The molecule has 0 atom stereocenters. The van der Waals surface area contributed by atoms with Crippen molar-refractivity contribution in [3.05, 3.63) is 53.9 Å². The Morgan fingerprint density at radius 2 is 1.79 bits per heavy atom. The average molecular weight is 400 g/mol. The summed E-state index contributed by atoms with van der Waals surface area (Å²) in [4.78, 5) is 10.8. The first-order chi connectivity index (χ1) is 13.7. The van der Waals surface area contributed by atoms with Crippen LogP contribution in [0.2, 0.25) is 0 Å². The summed E-state index contributed by atoms with van der Waals surface area (Å²) >= 11 is 0. The van der Waals surface area contributed by atoms with Crippen LogP contribution in [0.3, 0.4) is 0 Å². The lowest BCUT2D eigenvalue weighted by Crippen LogP contribution is -2.56. The zero-order valence-electron chi connectivity index (χ0n) is 16.4. The molecule has 3 heterocycles. The van der Waals surface area contributed by atoms with Gasteiger partial charge in [0.2, 0.25) is 5.95 Å². The molecule has 0 spiro atoms. The zero-order chi connectivity index (χ0) is 20.8. The van der Waals surface area contributed by atoms with Crippen LogP contribution >= 0.6 is 0 Å². The van der Waals surface area contributed by atoms with Crippen LogP contribution in [0.1, 0.15) is 19.4 Å². The van der Waals surface area contributed by atoms with Gasteiger partial charge in [0.15, 0.2) is 0 Å². The Hall–Kier alpha value is -3.07. The van der Waals surface area contributed by atoms with E-state index in [4.69, 9.17) is 0 Å². The molecule has 7 nitrogen and oxygen atoms in total. The molecule has 0 aliphatic carbocycles. The maximum Gasteiger partial charge on any atom is 0.248 e. The fourth-order valence-corrected chi connectivity index (χ4v) is 3.22. The van der Waals surface area contributed by atoms with Crippen LogP contribution in [-0.2, 0) is 0 Å². The number of benzene rings is 1. The second kappa shape index (κ2) is 7.07. The van der Waals surface area contributed by atoms with Crippen LogP contribution in [0.15, 0.2) is 36.7 Å². The summed E-state index contributed by atoms with van der Waals surface area (Å²) in [6.07, 6.45) is 1.37. The highest BCUT2D eigenvalue weighted by atomic mass is 19.1. The first-order valence-corrected chi connectivity index (χ1v) is 9.28. The van der Waals surface area contributed by atoms with Crippen molar-refractivity contribution >= 4 is 17.6 Å². The number of aryl methyl sites for hydroxylation is 1. The Labute approximate surface area is 167 Å². The molecule has 0 amide bonds. The fraction of sp³-hybridized carbons (Fsp3) is 0.350. The minimum Gasteiger partial charge on any atom is -0.390 e. The molecule has 1 aromatic carbocycles. The first kappa shape index (κ1) is 19.3. The summed E-state index contributed by atoms with van der Waals surface area (Å²) in [5, 5.41) is 17.4. The lowest BCUT2D eigenvalue weighted by molar-refractivity contribution is 0.00439. The van der Waals surface area contributed by atoms with E-state index < -0.39 is 17.2 Å². The van der Waals surface area contributed by atoms with Crippen LogP contribution in [0.4, 0.5) is 26.4 Å². The number of pyridine rings is 1. The molecule has 1 aliphatic heterocycles. The van der Waals surface area contributed by atoms with Crippen LogP contribution in [-0.4, -0.2) is 43.5 Å². The normalized spacial score (nSPS) is 14.8. The molecule has 152 valence electrons. The highest BCUT2D eigenvalue weighted by Gasteiger charge is 2.38. The molecule has 1 fully saturated rings. The van der Waals surface area contributed by atoms with Gasteiger partial charge in [-0.15, -0.1) is 5.10 Å². The highest BCUT2D eigenvalue weighted by molar-refractivity contribution is 5.56. The Balaban J connectivity index is 1.50. The number of halogens is 2. The molecule has 0 unspecified atom stereocenters. The fourth-order valence-electron chi connectivity index (χ4n) is 3.22. The van der Waals surface area contributed by atoms with Crippen LogP contribution in [0.25, 0.3) is 5.69 Å². The minimum atomic E-state index is -0.714. The van der Waals surface area contributed by atoms with Crippen molar-refractivity contribution in [3.63, 3.8) is 0 Å². The SMILES string of the molecule is Cc1cc(Nc2ncn(-c3cc(F)cc(F)c3)n2)nc(N2CC(C(C)(C)O)C2)c1. The molecule has 0 bridgehead atoms. The van der Waals surface area contributed by atoms with E-state index in [-0.39, 0.29) is 17.6 Å². The van der Waals surface area contributed by atoms with Crippen molar-refractivity contribution < 1.29 is 13.9 Å². The van der Waals surface area contributed by atoms with E-state index >= 15 is 0 Å². The quantitative estimate of drug-likeness (QED) is 0.685. The molecule has 9 heteroatoms. The maximum atomic E-state index is 13.4. The summed E-state index contributed by atoms with van der Waals surface area (Å²) in [7, 11) is 0. The lowest BCUT2D eigenvalue weighted by atomic mass is 9.84. The number of nitrogens with zero attached hydrogens (tertiary/aromatic N) is 5. The first-order valence-electron chi connectivity index (χ1n) is 9.28. The predicted molar refractivity (Wildman–Crippen MR) is 106 cm³/mol. The largest absolute Gasteiger partial charge is 0.390 e. The third-order valence-electron chi connectivity index (χ3n) is 5.00. The lowest BCUT2D eigenvalue weighted by Gasteiger charge is -2.46. The number of aromatic nitrogens is 4. The molecule has 0 saturated carbocycles. The third-order valence-corrected chi connectivity index (χ3v) is 5.00. The standard InChI is InChI=1S/C20H22F2N6O/c1-12-4-17(24-18(5-12)27-9-13(10-27)20(2,3)29)25-19-23-11-28(26-19)16-7-14(21)6-15(22)8-16/h4-8,11,13,29H,9-10H2,1-3H3,(H,24,25,26). The van der Waals surface area contributed by atoms with Crippen LogP contribution in [0.5, 0.6) is 0 Å². The summed E-state index contributed by atoms with van der Waals surface area (Å²) in [5.41, 5.74) is 0.532. The summed E-state index contributed by atoms with van der Waals surface area (Å²) in [6.45, 7) is 7.07. The number of aliphatic hydroxyl groups is 1. The average Bonchev–Trinajstić information content (AvgIpc) is 2.99. The number of anilines is 3. The van der Waals surface area contributed by atoms with Crippen molar-refractivity contribution in [2.24, 2.45) is 5.92 Å². The van der Waals surface area contributed by atoms with E-state index in [9.17, 15) is 13.9 Å². The Bertz CT molecular complexity index is 1020. The van der Waals surface area contributed by atoms with Gasteiger partial charge in [-0.2, -0.15) is 4.98 Å². The molecule has 1 saturated heterocycles. The van der Waals surface area contributed by atoms with Gasteiger partial charge in [-0.25, -0.2) is 18.4 Å². The van der Waals surface area contributed by atoms with Gasteiger partial charge in [-0.1, -0.05) is 0 Å². The molecule has 3 aromatic rings. The van der Waals surface area contributed by atoms with Crippen LogP contribution in [0, 0.1) is 24.5 Å². The second-order valence-corrected chi connectivity index (χ2v) is 7.91. The van der Waals surface area contributed by atoms with E-state index in [0.717, 1.165) is 30.5 Å². The van der Waals surface area contributed by atoms with E-state index in [2.05, 4.69) is 25.3 Å². The second-order valence-electron chi connectivity index (χ2n) is 7.91. The molecular formula is C20H22F2N6O. The Kier molecular flexibility index (Phi) is 4.70. The highest BCUT2D eigenvalue weighted by Crippen LogP contribution is 2.31. The maximum absolute atomic E-state index is 13.4. The van der Waals surface area contributed by atoms with Gasteiger partial charge in [0, 0.05) is 25.1 Å². The van der Waals surface area contributed by atoms with Crippen molar-refractivity contribution in [1.82, 2.24) is 19.7 Å². The summed E-state index contributed by atoms with van der Waals surface area (Å²) in [6, 6.07) is 6.99.